The molecule has 1 aromatic heterocycles. The standard InChI is InChI=1S/C25H28F2N4O/c1-31(2)23-14-24(30-22-6-4-3-5-21(22)23)29-20-9-7-16(8-10-20)15-28-25(32)17-11-18(26)13-19(27)12-17/h3-6,11-14,16,20H,7-10,15H2,1-2H3,(H,28,32)(H,29,30). The Kier molecular flexibility index (Phi) is 6.53. The Hall–Kier alpha value is -3.22. The summed E-state index contributed by atoms with van der Waals surface area (Å²) < 4.78 is 26.7. The van der Waals surface area contributed by atoms with Crippen LogP contribution >= 0.6 is 0 Å². The third-order valence-electron chi connectivity index (χ3n) is 6.05. The molecule has 0 spiro atoms. The Morgan fingerprint density at radius 2 is 1.72 bits per heavy atom. The Bertz CT molecular complexity index is 1090. The molecule has 1 saturated carbocycles. The first-order valence-electron chi connectivity index (χ1n) is 11.0. The van der Waals surface area contributed by atoms with Gasteiger partial charge in [-0.1, -0.05) is 18.2 Å². The van der Waals surface area contributed by atoms with E-state index in [0.717, 1.165) is 66.3 Å². The topological polar surface area (TPSA) is 57.3 Å². The van der Waals surface area contributed by atoms with Gasteiger partial charge in [0.05, 0.1) is 5.52 Å². The summed E-state index contributed by atoms with van der Waals surface area (Å²) in [6.07, 6.45) is 3.87. The first-order valence-corrected chi connectivity index (χ1v) is 11.0. The highest BCUT2D eigenvalue weighted by Gasteiger charge is 2.22. The van der Waals surface area contributed by atoms with E-state index in [9.17, 15) is 13.6 Å². The molecule has 168 valence electrons. The number of amides is 1. The molecule has 0 saturated heterocycles. The summed E-state index contributed by atoms with van der Waals surface area (Å²) in [5, 5.41) is 7.53. The minimum Gasteiger partial charge on any atom is -0.377 e. The minimum atomic E-state index is -0.749. The van der Waals surface area contributed by atoms with E-state index in [0.29, 0.717) is 18.5 Å². The number of halogens is 2. The van der Waals surface area contributed by atoms with Crippen LogP contribution in [0.4, 0.5) is 20.3 Å². The monoisotopic (exact) mass is 438 g/mol. The molecule has 2 aromatic carbocycles. The van der Waals surface area contributed by atoms with E-state index in [-0.39, 0.29) is 5.56 Å². The van der Waals surface area contributed by atoms with Gasteiger partial charge >= 0.3 is 0 Å². The molecule has 3 aromatic rings. The van der Waals surface area contributed by atoms with E-state index < -0.39 is 17.5 Å². The molecular formula is C25H28F2N4O. The highest BCUT2D eigenvalue weighted by molar-refractivity contribution is 5.94. The maximum Gasteiger partial charge on any atom is 0.251 e. The second-order valence-corrected chi connectivity index (χ2v) is 8.67. The van der Waals surface area contributed by atoms with Gasteiger partial charge in [-0.2, -0.15) is 0 Å². The third kappa shape index (κ3) is 5.15. The van der Waals surface area contributed by atoms with E-state index >= 15 is 0 Å². The molecular weight excluding hydrogens is 410 g/mol. The van der Waals surface area contributed by atoms with Gasteiger partial charge in [0.15, 0.2) is 0 Å². The number of nitrogens with zero attached hydrogens (tertiary/aromatic N) is 2. The number of nitrogens with one attached hydrogen (secondary N) is 2. The van der Waals surface area contributed by atoms with Crippen molar-refractivity contribution in [3.8, 4) is 0 Å². The third-order valence-corrected chi connectivity index (χ3v) is 6.05. The quantitative estimate of drug-likeness (QED) is 0.570. The molecule has 0 bridgehead atoms. The smallest absolute Gasteiger partial charge is 0.251 e. The molecule has 4 rings (SSSR count). The highest BCUT2D eigenvalue weighted by Crippen LogP contribution is 2.30. The van der Waals surface area contributed by atoms with Crippen LogP contribution in [0.15, 0.2) is 48.5 Å². The number of carbonyl (C=O) groups is 1. The van der Waals surface area contributed by atoms with Gasteiger partial charge in [0, 0.05) is 55.5 Å². The number of benzene rings is 2. The highest BCUT2D eigenvalue weighted by atomic mass is 19.1. The van der Waals surface area contributed by atoms with Gasteiger partial charge in [0.1, 0.15) is 17.5 Å². The fraction of sp³-hybridized carbons (Fsp3) is 0.360. The summed E-state index contributed by atoms with van der Waals surface area (Å²) in [4.78, 5) is 19.1. The van der Waals surface area contributed by atoms with Gasteiger partial charge in [0.25, 0.3) is 5.91 Å². The van der Waals surface area contributed by atoms with E-state index in [1.54, 1.807) is 0 Å². The molecule has 0 aliphatic heterocycles. The lowest BCUT2D eigenvalue weighted by molar-refractivity contribution is 0.0942. The normalized spacial score (nSPS) is 18.4. The zero-order chi connectivity index (χ0) is 22.7. The van der Waals surface area contributed by atoms with Crippen LogP contribution in [0.1, 0.15) is 36.0 Å². The second kappa shape index (κ2) is 9.51. The molecule has 2 N–H and O–H groups in total. The number of rotatable bonds is 6. The van der Waals surface area contributed by atoms with Gasteiger partial charge in [-0.25, -0.2) is 13.8 Å². The predicted molar refractivity (Wildman–Crippen MR) is 124 cm³/mol. The first kappa shape index (κ1) is 22.0. The van der Waals surface area contributed by atoms with Crippen molar-refractivity contribution in [1.29, 1.82) is 0 Å². The Morgan fingerprint density at radius 1 is 1.03 bits per heavy atom. The number of hydrogen-bond acceptors (Lipinski definition) is 4. The van der Waals surface area contributed by atoms with Crippen LogP contribution < -0.4 is 15.5 Å². The summed E-state index contributed by atoms with van der Waals surface area (Å²) >= 11 is 0. The number of carbonyl (C=O) groups excluding carboxylic acids is 1. The van der Waals surface area contributed by atoms with Crippen molar-refractivity contribution >= 4 is 28.3 Å². The van der Waals surface area contributed by atoms with E-state index in [1.165, 1.54) is 0 Å². The largest absolute Gasteiger partial charge is 0.377 e. The molecule has 7 heteroatoms. The van der Waals surface area contributed by atoms with Gasteiger partial charge in [-0.05, 0) is 49.8 Å². The number of anilines is 2. The van der Waals surface area contributed by atoms with Crippen molar-refractivity contribution in [3.05, 3.63) is 65.7 Å². The second-order valence-electron chi connectivity index (χ2n) is 8.67. The van der Waals surface area contributed by atoms with E-state index in [2.05, 4.69) is 27.7 Å². The molecule has 1 fully saturated rings. The van der Waals surface area contributed by atoms with Crippen molar-refractivity contribution in [2.24, 2.45) is 5.92 Å². The molecule has 1 amide bonds. The number of hydrogen-bond donors (Lipinski definition) is 2. The average Bonchev–Trinajstić information content (AvgIpc) is 2.77. The van der Waals surface area contributed by atoms with Crippen molar-refractivity contribution in [2.75, 3.05) is 30.9 Å². The number of aromatic nitrogens is 1. The lowest BCUT2D eigenvalue weighted by Crippen LogP contribution is -2.34. The van der Waals surface area contributed by atoms with Gasteiger partial charge in [-0.3, -0.25) is 4.79 Å². The van der Waals surface area contributed by atoms with Gasteiger partial charge < -0.3 is 15.5 Å². The molecule has 1 aliphatic carbocycles. The lowest BCUT2D eigenvalue weighted by atomic mass is 9.86. The fourth-order valence-electron chi connectivity index (χ4n) is 4.35. The van der Waals surface area contributed by atoms with Crippen LogP contribution in [-0.2, 0) is 0 Å². The molecule has 1 heterocycles. The van der Waals surface area contributed by atoms with Gasteiger partial charge in [0.2, 0.25) is 0 Å². The zero-order valence-corrected chi connectivity index (χ0v) is 18.4. The van der Waals surface area contributed by atoms with Crippen LogP contribution in [0.3, 0.4) is 0 Å². The molecule has 0 radical (unpaired) electrons. The van der Waals surface area contributed by atoms with Crippen molar-refractivity contribution in [1.82, 2.24) is 10.3 Å². The van der Waals surface area contributed by atoms with E-state index in [1.807, 2.05) is 32.3 Å². The summed E-state index contributed by atoms with van der Waals surface area (Å²) in [6, 6.07) is 13.4. The van der Waals surface area contributed by atoms with Gasteiger partial charge in [-0.15, -0.1) is 0 Å². The average molecular weight is 439 g/mol. The Balaban J connectivity index is 1.32. The number of para-hydroxylation sites is 1. The molecule has 32 heavy (non-hydrogen) atoms. The van der Waals surface area contributed by atoms with Crippen molar-refractivity contribution in [2.45, 2.75) is 31.7 Å². The summed E-state index contributed by atoms with van der Waals surface area (Å²) in [6.45, 7) is 0.503. The molecule has 0 atom stereocenters. The van der Waals surface area contributed by atoms with Crippen LogP contribution in [0, 0.1) is 17.6 Å². The van der Waals surface area contributed by atoms with E-state index in [4.69, 9.17) is 4.98 Å². The maximum absolute atomic E-state index is 13.3. The Morgan fingerprint density at radius 3 is 2.41 bits per heavy atom. The maximum atomic E-state index is 13.3. The lowest BCUT2D eigenvalue weighted by Gasteiger charge is -2.30. The van der Waals surface area contributed by atoms with Crippen molar-refractivity contribution in [3.63, 3.8) is 0 Å². The zero-order valence-electron chi connectivity index (χ0n) is 18.4. The summed E-state index contributed by atoms with van der Waals surface area (Å²) in [5.41, 5.74) is 2.10. The minimum absolute atomic E-state index is 0.0110. The summed E-state index contributed by atoms with van der Waals surface area (Å²) in [5.74, 6) is -0.724. The van der Waals surface area contributed by atoms with Crippen LogP contribution in [-0.4, -0.2) is 37.6 Å². The van der Waals surface area contributed by atoms with Crippen LogP contribution in [0.25, 0.3) is 10.9 Å². The van der Waals surface area contributed by atoms with Crippen LogP contribution in [0.2, 0.25) is 0 Å². The predicted octanol–water partition coefficient (Wildman–Crippen LogP) is 4.98. The number of fused-ring (bicyclic) bond motifs is 1. The molecule has 1 aliphatic rings. The fourth-order valence-corrected chi connectivity index (χ4v) is 4.35. The SMILES string of the molecule is CN(C)c1cc(NC2CCC(CNC(=O)c3cc(F)cc(F)c3)CC2)nc2ccccc12. The first-order chi connectivity index (χ1) is 15.4. The van der Waals surface area contributed by atoms with Crippen LogP contribution in [0.5, 0.6) is 0 Å². The Labute approximate surface area is 186 Å². The molecule has 5 nitrogen and oxygen atoms in total. The number of pyridine rings is 1. The molecule has 0 unspecified atom stereocenters. The van der Waals surface area contributed by atoms with Crippen molar-refractivity contribution < 1.29 is 13.6 Å². The summed E-state index contributed by atoms with van der Waals surface area (Å²) in [7, 11) is 4.06.